The van der Waals surface area contributed by atoms with Gasteiger partial charge in [-0.05, 0) is 24.6 Å². The lowest BCUT2D eigenvalue weighted by atomic mass is 10.1. The molecule has 0 saturated carbocycles. The summed E-state index contributed by atoms with van der Waals surface area (Å²) in [7, 11) is 0. The predicted molar refractivity (Wildman–Crippen MR) is 70.7 cm³/mol. The maximum atomic E-state index is 12.5. The molecule has 0 aliphatic carbocycles. The van der Waals surface area contributed by atoms with Gasteiger partial charge >= 0.3 is 5.97 Å². The summed E-state index contributed by atoms with van der Waals surface area (Å²) in [6.07, 6.45) is 0. The van der Waals surface area contributed by atoms with Crippen molar-refractivity contribution in [2.75, 3.05) is 26.3 Å². The number of carbonyl (C=O) groups is 2. The lowest BCUT2D eigenvalue weighted by Crippen LogP contribution is -2.38. The van der Waals surface area contributed by atoms with E-state index in [1.807, 2.05) is 0 Å². The molecule has 0 aromatic heterocycles. The number of phenolic OH excluding ortho intramolecular Hbond substituents is 1. The first-order valence-corrected chi connectivity index (χ1v) is 6.38. The highest BCUT2D eigenvalue weighted by Crippen LogP contribution is 2.19. The molecule has 1 aromatic carbocycles. The van der Waals surface area contributed by atoms with Gasteiger partial charge in [-0.25, -0.2) is 0 Å². The van der Waals surface area contributed by atoms with Crippen molar-refractivity contribution in [1.82, 2.24) is 4.90 Å². The van der Waals surface area contributed by atoms with Crippen LogP contribution in [0.2, 0.25) is 0 Å². The molecule has 1 aliphatic heterocycles. The Hall–Kier alpha value is -2.08. The van der Waals surface area contributed by atoms with Crippen molar-refractivity contribution in [3.63, 3.8) is 0 Å². The summed E-state index contributed by atoms with van der Waals surface area (Å²) in [6.45, 7) is 2.65. The monoisotopic (exact) mass is 279 g/mol. The van der Waals surface area contributed by atoms with Gasteiger partial charge in [0, 0.05) is 18.7 Å². The molecule has 1 unspecified atom stereocenters. The average molecular weight is 279 g/mol. The zero-order chi connectivity index (χ0) is 14.7. The number of rotatable bonds is 2. The molecule has 0 radical (unpaired) electrons. The maximum Gasteiger partial charge on any atom is 0.310 e. The molecular formula is C14H17NO5. The highest BCUT2D eigenvalue weighted by molar-refractivity contribution is 5.96. The molecule has 1 atom stereocenters. The van der Waals surface area contributed by atoms with Gasteiger partial charge in [0.25, 0.3) is 5.91 Å². The Morgan fingerprint density at radius 2 is 2.15 bits per heavy atom. The van der Waals surface area contributed by atoms with Gasteiger partial charge in [0.2, 0.25) is 0 Å². The van der Waals surface area contributed by atoms with Crippen LogP contribution in [0.1, 0.15) is 15.9 Å². The normalized spacial score (nSPS) is 19.4. The zero-order valence-electron chi connectivity index (χ0n) is 11.2. The van der Waals surface area contributed by atoms with Gasteiger partial charge in [0.15, 0.2) is 0 Å². The first kappa shape index (κ1) is 14.3. The summed E-state index contributed by atoms with van der Waals surface area (Å²) >= 11 is 0. The van der Waals surface area contributed by atoms with E-state index in [4.69, 9.17) is 9.84 Å². The van der Waals surface area contributed by atoms with Crippen LogP contribution in [0.3, 0.4) is 0 Å². The van der Waals surface area contributed by atoms with Crippen LogP contribution in [0, 0.1) is 12.8 Å². The number of ether oxygens (including phenoxy) is 1. The number of aliphatic carboxylic acids is 1. The number of nitrogens with zero attached hydrogens (tertiary/aromatic N) is 1. The zero-order valence-corrected chi connectivity index (χ0v) is 11.2. The predicted octanol–water partition coefficient (Wildman–Crippen LogP) is 0.874. The van der Waals surface area contributed by atoms with Crippen LogP contribution < -0.4 is 0 Å². The van der Waals surface area contributed by atoms with E-state index in [1.54, 1.807) is 13.0 Å². The van der Waals surface area contributed by atoms with Crippen molar-refractivity contribution in [1.29, 1.82) is 0 Å². The number of carboxylic acid groups (broad SMARTS) is 1. The standard InChI is InChI=1S/C14H17NO5/c1-9-2-3-11(16)6-12(9)13(17)15-4-5-20-8-10(7-15)14(18)19/h2-3,6,10,16H,4-5,7-8H2,1H3,(H,18,19). The summed E-state index contributed by atoms with van der Waals surface area (Å²) in [4.78, 5) is 25.0. The third-order valence-electron chi connectivity index (χ3n) is 3.35. The van der Waals surface area contributed by atoms with Gasteiger partial charge in [-0.3, -0.25) is 9.59 Å². The second-order valence-electron chi connectivity index (χ2n) is 4.86. The van der Waals surface area contributed by atoms with Crippen molar-refractivity contribution in [3.05, 3.63) is 29.3 Å². The van der Waals surface area contributed by atoms with Crippen molar-refractivity contribution in [2.45, 2.75) is 6.92 Å². The van der Waals surface area contributed by atoms with E-state index >= 15 is 0 Å². The SMILES string of the molecule is Cc1ccc(O)cc1C(=O)N1CCOCC(C(=O)O)C1. The largest absolute Gasteiger partial charge is 0.508 e. The minimum atomic E-state index is -0.975. The number of aryl methyl sites for hydroxylation is 1. The fourth-order valence-corrected chi connectivity index (χ4v) is 2.15. The Morgan fingerprint density at radius 1 is 1.40 bits per heavy atom. The molecule has 2 rings (SSSR count). The third-order valence-corrected chi connectivity index (χ3v) is 3.35. The van der Waals surface area contributed by atoms with E-state index in [9.17, 15) is 14.7 Å². The van der Waals surface area contributed by atoms with Crippen LogP contribution >= 0.6 is 0 Å². The third kappa shape index (κ3) is 3.08. The summed E-state index contributed by atoms with van der Waals surface area (Å²) in [5.74, 6) is -1.97. The van der Waals surface area contributed by atoms with Crippen LogP contribution in [-0.4, -0.2) is 53.3 Å². The molecule has 1 aliphatic rings. The molecule has 20 heavy (non-hydrogen) atoms. The highest BCUT2D eigenvalue weighted by Gasteiger charge is 2.28. The summed E-state index contributed by atoms with van der Waals surface area (Å²) in [5, 5.41) is 18.6. The van der Waals surface area contributed by atoms with Crippen molar-refractivity contribution >= 4 is 11.9 Å². The molecule has 1 saturated heterocycles. The first-order valence-electron chi connectivity index (χ1n) is 6.38. The molecule has 0 bridgehead atoms. The Kier molecular flexibility index (Phi) is 4.24. The summed E-state index contributed by atoms with van der Waals surface area (Å²) in [5.41, 5.74) is 1.13. The second-order valence-corrected chi connectivity index (χ2v) is 4.86. The Balaban J connectivity index is 2.22. The number of carboxylic acids is 1. The molecule has 108 valence electrons. The molecule has 6 heteroatoms. The molecule has 2 N–H and O–H groups in total. The minimum absolute atomic E-state index is 0.0137. The Morgan fingerprint density at radius 3 is 2.85 bits per heavy atom. The van der Waals surface area contributed by atoms with Crippen molar-refractivity contribution in [3.8, 4) is 5.75 Å². The van der Waals surface area contributed by atoms with Crippen LogP contribution in [0.25, 0.3) is 0 Å². The van der Waals surface area contributed by atoms with Crippen LogP contribution in [0.5, 0.6) is 5.75 Å². The molecule has 1 heterocycles. The lowest BCUT2D eigenvalue weighted by Gasteiger charge is -2.22. The van der Waals surface area contributed by atoms with Crippen molar-refractivity contribution < 1.29 is 24.5 Å². The lowest BCUT2D eigenvalue weighted by molar-refractivity contribution is -0.143. The van der Waals surface area contributed by atoms with E-state index in [-0.39, 0.29) is 24.8 Å². The number of amides is 1. The quantitative estimate of drug-likeness (QED) is 0.839. The molecule has 1 fully saturated rings. The van der Waals surface area contributed by atoms with Crippen LogP contribution in [0.4, 0.5) is 0 Å². The number of phenols is 1. The second kappa shape index (κ2) is 5.92. The number of benzene rings is 1. The van der Waals surface area contributed by atoms with E-state index in [2.05, 4.69) is 0 Å². The van der Waals surface area contributed by atoms with E-state index in [0.717, 1.165) is 5.56 Å². The van der Waals surface area contributed by atoms with Gasteiger partial charge in [-0.2, -0.15) is 0 Å². The molecule has 0 spiro atoms. The Bertz CT molecular complexity index is 528. The summed E-state index contributed by atoms with van der Waals surface area (Å²) in [6, 6.07) is 4.57. The maximum absolute atomic E-state index is 12.5. The minimum Gasteiger partial charge on any atom is -0.508 e. The number of carbonyl (C=O) groups excluding carboxylic acids is 1. The smallest absolute Gasteiger partial charge is 0.310 e. The highest BCUT2D eigenvalue weighted by atomic mass is 16.5. The van der Waals surface area contributed by atoms with Crippen molar-refractivity contribution in [2.24, 2.45) is 5.92 Å². The van der Waals surface area contributed by atoms with E-state index in [0.29, 0.717) is 18.7 Å². The van der Waals surface area contributed by atoms with Gasteiger partial charge in [0.05, 0.1) is 19.1 Å². The van der Waals surface area contributed by atoms with E-state index < -0.39 is 11.9 Å². The summed E-state index contributed by atoms with van der Waals surface area (Å²) < 4.78 is 5.21. The molecule has 1 amide bonds. The number of hydrogen-bond acceptors (Lipinski definition) is 4. The molecular weight excluding hydrogens is 262 g/mol. The first-order chi connectivity index (χ1) is 9.49. The molecule has 1 aromatic rings. The Labute approximate surface area is 116 Å². The van der Waals surface area contributed by atoms with Crippen LogP contribution in [-0.2, 0) is 9.53 Å². The van der Waals surface area contributed by atoms with Gasteiger partial charge in [-0.15, -0.1) is 0 Å². The number of hydrogen-bond donors (Lipinski definition) is 2. The fraction of sp³-hybridized carbons (Fsp3) is 0.429. The average Bonchev–Trinajstić information content (AvgIpc) is 2.66. The van der Waals surface area contributed by atoms with Gasteiger partial charge < -0.3 is 19.8 Å². The van der Waals surface area contributed by atoms with Crippen LogP contribution in [0.15, 0.2) is 18.2 Å². The molecule has 6 nitrogen and oxygen atoms in total. The van der Waals surface area contributed by atoms with E-state index in [1.165, 1.54) is 17.0 Å². The fourth-order valence-electron chi connectivity index (χ4n) is 2.15. The topological polar surface area (TPSA) is 87.1 Å². The number of aromatic hydroxyl groups is 1. The van der Waals surface area contributed by atoms with Gasteiger partial charge in [-0.1, -0.05) is 6.07 Å². The van der Waals surface area contributed by atoms with Gasteiger partial charge in [0.1, 0.15) is 5.75 Å².